The first-order chi connectivity index (χ1) is 12.8. The van der Waals surface area contributed by atoms with Crippen molar-refractivity contribution in [1.29, 1.82) is 0 Å². The van der Waals surface area contributed by atoms with E-state index >= 15 is 0 Å². The molecule has 1 aromatic heterocycles. The Labute approximate surface area is 162 Å². The Bertz CT molecular complexity index is 649. The Morgan fingerprint density at radius 1 is 1.11 bits per heavy atom. The van der Waals surface area contributed by atoms with Gasteiger partial charge < -0.3 is 19.9 Å². The van der Waals surface area contributed by atoms with Crippen LogP contribution in [0.15, 0.2) is 12.4 Å². The molecule has 2 saturated heterocycles. The molecule has 2 aliphatic heterocycles. The minimum absolute atomic E-state index is 0.354. The zero-order valence-corrected chi connectivity index (χ0v) is 17.0. The van der Waals surface area contributed by atoms with Gasteiger partial charge in [0.05, 0.1) is 11.2 Å². The predicted octanol–water partition coefficient (Wildman–Crippen LogP) is 0.778. The van der Waals surface area contributed by atoms with E-state index in [2.05, 4.69) is 37.5 Å². The molecule has 27 heavy (non-hydrogen) atoms. The fraction of sp³-hybridized carbons (Fsp3) is 0.789. The van der Waals surface area contributed by atoms with Crippen molar-refractivity contribution in [2.75, 3.05) is 31.1 Å². The molecule has 3 fully saturated rings. The van der Waals surface area contributed by atoms with Gasteiger partial charge in [0.25, 0.3) is 0 Å². The first kappa shape index (κ1) is 19.1. The molecule has 0 radical (unpaired) electrons. The quantitative estimate of drug-likeness (QED) is 0.739. The van der Waals surface area contributed by atoms with E-state index in [0.29, 0.717) is 12.1 Å². The number of hydrogen-bond acceptors (Lipinski definition) is 7. The number of aromatic nitrogens is 2. The van der Waals surface area contributed by atoms with E-state index in [0.717, 1.165) is 44.0 Å². The van der Waals surface area contributed by atoms with Gasteiger partial charge in [0.1, 0.15) is 0 Å². The lowest BCUT2D eigenvalue weighted by Crippen LogP contribution is -2.42. The lowest BCUT2D eigenvalue weighted by molar-refractivity contribution is 0.00578. The molecule has 2 N–H and O–H groups in total. The molecule has 3 aliphatic rings. The number of nitrogens with two attached hydrogens (primary N) is 1. The summed E-state index contributed by atoms with van der Waals surface area (Å²) in [6.07, 6.45) is 7.35. The molecule has 1 saturated carbocycles. The highest BCUT2D eigenvalue weighted by Crippen LogP contribution is 2.37. The lowest BCUT2D eigenvalue weighted by atomic mass is 9.81. The molecule has 8 heteroatoms. The van der Waals surface area contributed by atoms with Crippen molar-refractivity contribution in [3.05, 3.63) is 12.4 Å². The lowest BCUT2D eigenvalue weighted by Gasteiger charge is -2.32. The number of anilines is 1. The van der Waals surface area contributed by atoms with E-state index in [1.165, 1.54) is 12.8 Å². The van der Waals surface area contributed by atoms with E-state index in [-0.39, 0.29) is 11.2 Å². The van der Waals surface area contributed by atoms with Gasteiger partial charge in [-0.3, -0.25) is 4.90 Å². The third kappa shape index (κ3) is 3.72. The molecule has 7 nitrogen and oxygen atoms in total. The molecule has 0 bridgehead atoms. The van der Waals surface area contributed by atoms with Gasteiger partial charge in [-0.25, -0.2) is 9.97 Å². The Morgan fingerprint density at radius 3 is 2.30 bits per heavy atom. The maximum absolute atomic E-state index is 6.12. The van der Waals surface area contributed by atoms with Crippen LogP contribution in [0.2, 0.25) is 0 Å². The van der Waals surface area contributed by atoms with Crippen LogP contribution >= 0.6 is 0 Å². The van der Waals surface area contributed by atoms with Crippen LogP contribution in [0.1, 0.15) is 47.0 Å². The minimum atomic E-state index is -0.412. The van der Waals surface area contributed by atoms with E-state index < -0.39 is 7.12 Å². The Kier molecular flexibility index (Phi) is 4.95. The topological polar surface area (TPSA) is 76.7 Å². The summed E-state index contributed by atoms with van der Waals surface area (Å²) >= 11 is 0. The Hall–Kier alpha value is -1.22. The Morgan fingerprint density at radius 2 is 1.74 bits per heavy atom. The van der Waals surface area contributed by atoms with Gasteiger partial charge in [0, 0.05) is 56.1 Å². The third-order valence-electron chi connectivity index (χ3n) is 6.44. The predicted molar refractivity (Wildman–Crippen MR) is 107 cm³/mol. The minimum Gasteiger partial charge on any atom is -0.399 e. The highest BCUT2D eigenvalue weighted by molar-refractivity contribution is 6.61. The van der Waals surface area contributed by atoms with Crippen LogP contribution in [0, 0.1) is 0 Å². The molecule has 4 rings (SSSR count). The largest absolute Gasteiger partial charge is 0.498 e. The van der Waals surface area contributed by atoms with Crippen LogP contribution in [0.5, 0.6) is 0 Å². The molecule has 1 atom stereocenters. The van der Waals surface area contributed by atoms with Crippen molar-refractivity contribution in [3.8, 4) is 0 Å². The maximum Gasteiger partial charge on any atom is 0.498 e. The highest BCUT2D eigenvalue weighted by Gasteiger charge is 2.52. The second kappa shape index (κ2) is 6.99. The van der Waals surface area contributed by atoms with Crippen LogP contribution in [-0.2, 0) is 9.31 Å². The zero-order chi connectivity index (χ0) is 19.2. The van der Waals surface area contributed by atoms with Gasteiger partial charge in [0.2, 0.25) is 5.95 Å². The number of rotatable bonds is 6. The normalized spacial score (nSPS) is 27.3. The first-order valence-corrected chi connectivity index (χ1v) is 10.2. The van der Waals surface area contributed by atoms with E-state index in [9.17, 15) is 0 Å². The van der Waals surface area contributed by atoms with E-state index in [1.807, 2.05) is 12.4 Å². The van der Waals surface area contributed by atoms with Crippen molar-refractivity contribution in [2.45, 2.75) is 70.2 Å². The van der Waals surface area contributed by atoms with Gasteiger partial charge in [0.15, 0.2) is 0 Å². The van der Waals surface area contributed by atoms with Gasteiger partial charge in [-0.2, -0.15) is 0 Å². The smallest absolute Gasteiger partial charge is 0.399 e. The fourth-order valence-electron chi connectivity index (χ4n) is 3.97. The molecule has 1 aliphatic carbocycles. The maximum atomic E-state index is 6.12. The summed E-state index contributed by atoms with van der Waals surface area (Å²) in [5.74, 6) is 0.831. The SMILES string of the molecule is CC1(C)OB(c2cnc(N(C3CC3)[C@@H]3CCN(CCN)C3)nc2)OC1(C)C. The number of hydrogen-bond donors (Lipinski definition) is 1. The summed E-state index contributed by atoms with van der Waals surface area (Å²) < 4.78 is 12.2. The average Bonchev–Trinajstić information content (AvgIpc) is 3.28. The van der Waals surface area contributed by atoms with Crippen molar-refractivity contribution in [2.24, 2.45) is 5.73 Å². The molecule has 0 amide bonds. The average molecular weight is 373 g/mol. The second-order valence-electron chi connectivity index (χ2n) is 9.07. The molecule has 1 aromatic rings. The Balaban J connectivity index is 1.48. The number of likely N-dealkylation sites (tertiary alicyclic amines) is 1. The van der Waals surface area contributed by atoms with E-state index in [4.69, 9.17) is 25.0 Å². The zero-order valence-electron chi connectivity index (χ0n) is 17.0. The summed E-state index contributed by atoms with van der Waals surface area (Å²) in [6.45, 7) is 12.1. The first-order valence-electron chi connectivity index (χ1n) is 10.2. The molecular weight excluding hydrogens is 341 g/mol. The van der Waals surface area contributed by atoms with Crippen LogP contribution in [-0.4, -0.2) is 71.5 Å². The van der Waals surface area contributed by atoms with Gasteiger partial charge in [-0.05, 0) is 47.0 Å². The van der Waals surface area contributed by atoms with Gasteiger partial charge in [-0.1, -0.05) is 0 Å². The summed E-state index contributed by atoms with van der Waals surface area (Å²) in [4.78, 5) is 14.3. The fourth-order valence-corrected chi connectivity index (χ4v) is 3.97. The van der Waals surface area contributed by atoms with Crippen molar-refractivity contribution >= 4 is 18.5 Å². The monoisotopic (exact) mass is 373 g/mol. The summed E-state index contributed by atoms with van der Waals surface area (Å²) in [5, 5.41) is 0. The van der Waals surface area contributed by atoms with Crippen molar-refractivity contribution in [3.63, 3.8) is 0 Å². The van der Waals surface area contributed by atoms with E-state index in [1.54, 1.807) is 0 Å². The van der Waals surface area contributed by atoms with Crippen LogP contribution < -0.4 is 16.1 Å². The van der Waals surface area contributed by atoms with Crippen molar-refractivity contribution in [1.82, 2.24) is 14.9 Å². The van der Waals surface area contributed by atoms with Crippen LogP contribution in [0.3, 0.4) is 0 Å². The molecule has 0 unspecified atom stereocenters. The second-order valence-corrected chi connectivity index (χ2v) is 9.07. The standard InChI is InChI=1S/C19H32BN5O2/c1-18(2)19(3,4)27-20(26-18)14-11-22-17(23-12-14)25(15-5-6-15)16-7-9-24(13-16)10-8-21/h11-12,15-16H,5-10,13,21H2,1-4H3/t16-/m1/s1. The molecule has 0 spiro atoms. The molecular formula is C19H32BN5O2. The number of nitrogens with zero attached hydrogens (tertiary/aromatic N) is 4. The summed E-state index contributed by atoms with van der Waals surface area (Å²) in [5.41, 5.74) is 5.89. The van der Waals surface area contributed by atoms with Gasteiger partial charge >= 0.3 is 7.12 Å². The van der Waals surface area contributed by atoms with Crippen molar-refractivity contribution < 1.29 is 9.31 Å². The summed E-state index contributed by atoms with van der Waals surface area (Å²) in [7, 11) is -0.412. The molecule has 3 heterocycles. The molecule has 0 aromatic carbocycles. The molecule has 148 valence electrons. The van der Waals surface area contributed by atoms with Gasteiger partial charge in [-0.15, -0.1) is 0 Å². The highest BCUT2D eigenvalue weighted by atomic mass is 16.7. The third-order valence-corrected chi connectivity index (χ3v) is 6.44. The van der Waals surface area contributed by atoms with Crippen LogP contribution in [0.25, 0.3) is 0 Å². The summed E-state index contributed by atoms with van der Waals surface area (Å²) in [6, 6.07) is 1.06. The van der Waals surface area contributed by atoms with Crippen LogP contribution in [0.4, 0.5) is 5.95 Å².